The molecular formula is C11H15NO2. The van der Waals surface area contributed by atoms with Crippen molar-refractivity contribution in [3.05, 3.63) is 29.3 Å². The van der Waals surface area contributed by atoms with Gasteiger partial charge in [-0.15, -0.1) is 0 Å². The van der Waals surface area contributed by atoms with E-state index >= 15 is 0 Å². The van der Waals surface area contributed by atoms with Crippen molar-refractivity contribution >= 4 is 11.7 Å². The topological polar surface area (TPSA) is 38.3 Å². The van der Waals surface area contributed by atoms with Crippen LogP contribution in [0.25, 0.3) is 0 Å². The fraction of sp³-hybridized carbons (Fsp3) is 0.364. The quantitative estimate of drug-likeness (QED) is 0.748. The van der Waals surface area contributed by atoms with Crippen LogP contribution in [0.1, 0.15) is 22.8 Å². The number of esters is 1. The zero-order valence-electron chi connectivity index (χ0n) is 8.76. The predicted molar refractivity (Wildman–Crippen MR) is 56.7 cm³/mol. The maximum atomic E-state index is 11.4. The van der Waals surface area contributed by atoms with Crippen molar-refractivity contribution in [1.82, 2.24) is 0 Å². The molecule has 1 aromatic carbocycles. The van der Waals surface area contributed by atoms with Gasteiger partial charge in [0.15, 0.2) is 0 Å². The molecule has 1 N–H and O–H groups in total. The van der Waals surface area contributed by atoms with E-state index in [0.29, 0.717) is 12.2 Å². The first-order chi connectivity index (χ1) is 6.69. The lowest BCUT2D eigenvalue weighted by Crippen LogP contribution is -2.05. The summed E-state index contributed by atoms with van der Waals surface area (Å²) in [7, 11) is 1.83. The molecule has 0 radical (unpaired) electrons. The molecule has 0 unspecified atom stereocenters. The zero-order chi connectivity index (χ0) is 10.6. The van der Waals surface area contributed by atoms with Crippen molar-refractivity contribution in [2.45, 2.75) is 13.8 Å². The van der Waals surface area contributed by atoms with Crippen LogP contribution in [0.4, 0.5) is 5.69 Å². The van der Waals surface area contributed by atoms with Gasteiger partial charge in [-0.1, -0.05) is 6.07 Å². The van der Waals surface area contributed by atoms with Gasteiger partial charge in [-0.3, -0.25) is 0 Å². The highest BCUT2D eigenvalue weighted by atomic mass is 16.5. The Kier molecular flexibility index (Phi) is 3.51. The first-order valence-corrected chi connectivity index (χ1v) is 4.64. The number of benzene rings is 1. The van der Waals surface area contributed by atoms with Crippen LogP contribution < -0.4 is 5.32 Å². The van der Waals surface area contributed by atoms with E-state index in [-0.39, 0.29) is 5.97 Å². The van der Waals surface area contributed by atoms with Crippen LogP contribution in [0.2, 0.25) is 0 Å². The molecule has 14 heavy (non-hydrogen) atoms. The van der Waals surface area contributed by atoms with E-state index in [0.717, 1.165) is 11.3 Å². The van der Waals surface area contributed by atoms with Crippen molar-refractivity contribution in [3.63, 3.8) is 0 Å². The second-order valence-electron chi connectivity index (χ2n) is 3.00. The molecule has 0 saturated carbocycles. The highest BCUT2D eigenvalue weighted by molar-refractivity contribution is 5.90. The third-order valence-corrected chi connectivity index (χ3v) is 2.02. The monoisotopic (exact) mass is 193 g/mol. The highest BCUT2D eigenvalue weighted by Crippen LogP contribution is 2.16. The predicted octanol–water partition coefficient (Wildman–Crippen LogP) is 2.21. The van der Waals surface area contributed by atoms with Gasteiger partial charge in [0.05, 0.1) is 12.2 Å². The molecule has 0 aromatic heterocycles. The second kappa shape index (κ2) is 4.65. The van der Waals surface area contributed by atoms with Gasteiger partial charge < -0.3 is 10.1 Å². The van der Waals surface area contributed by atoms with E-state index in [9.17, 15) is 4.79 Å². The van der Waals surface area contributed by atoms with Gasteiger partial charge in [0.25, 0.3) is 0 Å². The largest absolute Gasteiger partial charge is 0.462 e. The average molecular weight is 193 g/mol. The summed E-state index contributed by atoms with van der Waals surface area (Å²) in [5.74, 6) is -0.274. The number of ether oxygens (including phenoxy) is 1. The third-order valence-electron chi connectivity index (χ3n) is 2.02. The van der Waals surface area contributed by atoms with Crippen LogP contribution in [0.3, 0.4) is 0 Å². The fourth-order valence-electron chi connectivity index (χ4n) is 1.23. The standard InChI is InChI=1S/C11H15NO2/c1-4-14-11(13)9-6-5-8(2)10(7-9)12-3/h5-7,12H,4H2,1-3H3. The lowest BCUT2D eigenvalue weighted by Gasteiger charge is -2.07. The molecule has 3 nitrogen and oxygen atoms in total. The van der Waals surface area contributed by atoms with Crippen molar-refractivity contribution in [2.75, 3.05) is 19.0 Å². The van der Waals surface area contributed by atoms with E-state index in [1.54, 1.807) is 19.1 Å². The van der Waals surface area contributed by atoms with Crippen molar-refractivity contribution in [2.24, 2.45) is 0 Å². The summed E-state index contributed by atoms with van der Waals surface area (Å²) in [5, 5.41) is 3.02. The average Bonchev–Trinajstić information content (AvgIpc) is 2.19. The van der Waals surface area contributed by atoms with Crippen LogP contribution in [0, 0.1) is 6.92 Å². The molecule has 0 amide bonds. The number of nitrogens with one attached hydrogen (secondary N) is 1. The Morgan fingerprint density at radius 1 is 1.50 bits per heavy atom. The van der Waals surface area contributed by atoms with Gasteiger partial charge in [0.2, 0.25) is 0 Å². The second-order valence-corrected chi connectivity index (χ2v) is 3.00. The van der Waals surface area contributed by atoms with Gasteiger partial charge in [0.1, 0.15) is 0 Å². The molecule has 3 heteroatoms. The molecule has 0 aliphatic heterocycles. The van der Waals surface area contributed by atoms with Crippen LogP contribution in [-0.2, 0) is 4.74 Å². The van der Waals surface area contributed by atoms with Crippen molar-refractivity contribution in [3.8, 4) is 0 Å². The molecule has 0 bridgehead atoms. The minimum atomic E-state index is -0.274. The summed E-state index contributed by atoms with van der Waals surface area (Å²) < 4.78 is 4.90. The molecule has 0 atom stereocenters. The van der Waals surface area contributed by atoms with Crippen molar-refractivity contribution in [1.29, 1.82) is 0 Å². The van der Waals surface area contributed by atoms with Gasteiger partial charge in [-0.25, -0.2) is 4.79 Å². The first-order valence-electron chi connectivity index (χ1n) is 4.64. The number of carbonyl (C=O) groups is 1. The van der Waals surface area contributed by atoms with Gasteiger partial charge in [-0.05, 0) is 31.5 Å². The summed E-state index contributed by atoms with van der Waals surface area (Å²) in [6, 6.07) is 5.47. The van der Waals surface area contributed by atoms with E-state index in [4.69, 9.17) is 4.74 Å². The maximum absolute atomic E-state index is 11.4. The number of hydrogen-bond acceptors (Lipinski definition) is 3. The van der Waals surface area contributed by atoms with Crippen LogP contribution in [0.15, 0.2) is 18.2 Å². The molecular weight excluding hydrogens is 178 g/mol. The molecule has 0 spiro atoms. The summed E-state index contributed by atoms with van der Waals surface area (Å²) in [6.07, 6.45) is 0. The molecule has 1 rings (SSSR count). The Labute approximate surface area is 84.1 Å². The summed E-state index contributed by atoms with van der Waals surface area (Å²) in [4.78, 5) is 11.4. The SMILES string of the molecule is CCOC(=O)c1ccc(C)c(NC)c1. The van der Waals surface area contributed by atoms with E-state index in [1.807, 2.05) is 20.0 Å². The molecule has 0 heterocycles. The first kappa shape index (κ1) is 10.6. The van der Waals surface area contributed by atoms with Gasteiger partial charge in [-0.2, -0.15) is 0 Å². The Hall–Kier alpha value is -1.51. The van der Waals surface area contributed by atoms with Crippen LogP contribution in [-0.4, -0.2) is 19.6 Å². The summed E-state index contributed by atoms with van der Waals surface area (Å²) >= 11 is 0. The smallest absolute Gasteiger partial charge is 0.338 e. The van der Waals surface area contributed by atoms with E-state index < -0.39 is 0 Å². The fourth-order valence-corrected chi connectivity index (χ4v) is 1.23. The third kappa shape index (κ3) is 2.25. The number of aryl methyl sites for hydroxylation is 1. The van der Waals surface area contributed by atoms with Crippen molar-refractivity contribution < 1.29 is 9.53 Å². The lowest BCUT2D eigenvalue weighted by molar-refractivity contribution is 0.0526. The molecule has 0 saturated heterocycles. The highest BCUT2D eigenvalue weighted by Gasteiger charge is 2.07. The molecule has 1 aromatic rings. The maximum Gasteiger partial charge on any atom is 0.338 e. The summed E-state index contributed by atoms with van der Waals surface area (Å²) in [6.45, 7) is 4.19. The molecule has 0 fully saturated rings. The lowest BCUT2D eigenvalue weighted by atomic mass is 10.1. The minimum Gasteiger partial charge on any atom is -0.462 e. The number of carbonyl (C=O) groups excluding carboxylic acids is 1. The van der Waals surface area contributed by atoms with E-state index in [1.165, 1.54) is 0 Å². The Morgan fingerprint density at radius 2 is 2.21 bits per heavy atom. The normalized spacial score (nSPS) is 9.64. The number of anilines is 1. The Bertz CT molecular complexity index is 334. The van der Waals surface area contributed by atoms with Gasteiger partial charge >= 0.3 is 5.97 Å². The molecule has 0 aliphatic rings. The van der Waals surface area contributed by atoms with Crippen LogP contribution in [0.5, 0.6) is 0 Å². The van der Waals surface area contributed by atoms with E-state index in [2.05, 4.69) is 5.32 Å². The Morgan fingerprint density at radius 3 is 2.79 bits per heavy atom. The zero-order valence-corrected chi connectivity index (χ0v) is 8.76. The number of rotatable bonds is 3. The molecule has 0 aliphatic carbocycles. The molecule has 76 valence electrons. The number of hydrogen-bond donors (Lipinski definition) is 1. The summed E-state index contributed by atoms with van der Waals surface area (Å²) in [5.41, 5.74) is 2.65. The minimum absolute atomic E-state index is 0.274. The van der Waals surface area contributed by atoms with Gasteiger partial charge in [0, 0.05) is 12.7 Å². The Balaban J connectivity index is 2.94. The van der Waals surface area contributed by atoms with Crippen LogP contribution >= 0.6 is 0 Å².